The van der Waals surface area contributed by atoms with Crippen molar-refractivity contribution in [3.8, 4) is 6.07 Å². The third-order valence-electron chi connectivity index (χ3n) is 4.65. The number of thioether (sulfide) groups is 1. The van der Waals surface area contributed by atoms with E-state index >= 15 is 0 Å². The molecule has 5 nitrogen and oxygen atoms in total. The van der Waals surface area contributed by atoms with Crippen LogP contribution in [0, 0.1) is 25.2 Å². The molecule has 7 heteroatoms. The molecule has 1 heterocycles. The normalized spacial score (nSPS) is 15.3. The quantitative estimate of drug-likeness (QED) is 0.830. The number of rotatable bonds is 5. The molecule has 142 valence electrons. The standard InChI is InChI=1S/C20H23N3O2S2/c1-15-3-4-17(13-21)12-20(15)27(24,25)22-19-6-5-18(11-16(19)2)14-23-7-9-26-10-8-23/h3-6,11-12,22H,7-10,14H2,1-2H3. The number of aryl methyl sites for hydroxylation is 2. The van der Waals surface area contributed by atoms with Gasteiger partial charge in [0.05, 0.1) is 22.2 Å². The molecule has 2 aromatic carbocycles. The fourth-order valence-electron chi connectivity index (χ4n) is 3.12. The average Bonchev–Trinajstić information content (AvgIpc) is 2.65. The zero-order chi connectivity index (χ0) is 19.4. The van der Waals surface area contributed by atoms with Crippen molar-refractivity contribution in [1.29, 1.82) is 5.26 Å². The maximum Gasteiger partial charge on any atom is 0.262 e. The average molecular weight is 402 g/mol. The van der Waals surface area contributed by atoms with Gasteiger partial charge in [-0.1, -0.05) is 18.2 Å². The summed E-state index contributed by atoms with van der Waals surface area (Å²) in [5, 5.41) is 9.05. The molecule has 1 saturated heterocycles. The predicted octanol–water partition coefficient (Wildman–Crippen LogP) is 3.52. The molecule has 0 saturated carbocycles. The molecule has 1 fully saturated rings. The highest BCUT2D eigenvalue weighted by atomic mass is 32.2. The van der Waals surface area contributed by atoms with E-state index in [1.807, 2.05) is 43.0 Å². The molecule has 0 atom stereocenters. The topological polar surface area (TPSA) is 73.2 Å². The van der Waals surface area contributed by atoms with E-state index in [4.69, 9.17) is 5.26 Å². The van der Waals surface area contributed by atoms with Crippen LogP contribution in [0.3, 0.4) is 0 Å². The van der Waals surface area contributed by atoms with Gasteiger partial charge in [-0.15, -0.1) is 0 Å². The van der Waals surface area contributed by atoms with Crippen molar-refractivity contribution >= 4 is 27.5 Å². The van der Waals surface area contributed by atoms with Crippen molar-refractivity contribution in [2.45, 2.75) is 25.3 Å². The molecule has 0 aliphatic carbocycles. The molecule has 0 amide bonds. The Bertz CT molecular complexity index is 975. The Hall–Kier alpha value is -2.01. The summed E-state index contributed by atoms with van der Waals surface area (Å²) in [5.74, 6) is 2.33. The molecular weight excluding hydrogens is 378 g/mol. The first-order valence-corrected chi connectivity index (χ1v) is 11.5. The number of nitrogens with zero attached hydrogens (tertiary/aromatic N) is 2. The van der Waals surface area contributed by atoms with E-state index in [0.29, 0.717) is 16.8 Å². The van der Waals surface area contributed by atoms with E-state index in [0.717, 1.165) is 36.7 Å². The van der Waals surface area contributed by atoms with E-state index < -0.39 is 10.0 Å². The second-order valence-electron chi connectivity index (χ2n) is 6.74. The summed E-state index contributed by atoms with van der Waals surface area (Å²) in [7, 11) is -3.75. The van der Waals surface area contributed by atoms with Gasteiger partial charge >= 0.3 is 0 Å². The Labute approximate surface area is 165 Å². The van der Waals surface area contributed by atoms with Gasteiger partial charge < -0.3 is 0 Å². The van der Waals surface area contributed by atoms with Gasteiger partial charge in [0.1, 0.15) is 0 Å². The van der Waals surface area contributed by atoms with Crippen molar-refractivity contribution in [1.82, 2.24) is 4.90 Å². The van der Waals surface area contributed by atoms with E-state index in [9.17, 15) is 8.42 Å². The van der Waals surface area contributed by atoms with Gasteiger partial charge in [0.25, 0.3) is 10.0 Å². The van der Waals surface area contributed by atoms with Crippen LogP contribution in [-0.2, 0) is 16.6 Å². The number of nitrogens with one attached hydrogen (secondary N) is 1. The summed E-state index contributed by atoms with van der Waals surface area (Å²) in [4.78, 5) is 2.56. The number of sulfonamides is 1. The number of hydrogen-bond donors (Lipinski definition) is 1. The molecule has 0 bridgehead atoms. The minimum absolute atomic E-state index is 0.135. The number of anilines is 1. The van der Waals surface area contributed by atoms with Gasteiger partial charge in [0.15, 0.2) is 0 Å². The lowest BCUT2D eigenvalue weighted by Crippen LogP contribution is -2.31. The fraction of sp³-hybridized carbons (Fsp3) is 0.350. The van der Waals surface area contributed by atoms with Gasteiger partial charge in [-0.3, -0.25) is 9.62 Å². The molecule has 1 aliphatic rings. The first kappa shape index (κ1) is 19.7. The monoisotopic (exact) mass is 401 g/mol. The highest BCUT2D eigenvalue weighted by molar-refractivity contribution is 7.99. The predicted molar refractivity (Wildman–Crippen MR) is 110 cm³/mol. The van der Waals surface area contributed by atoms with E-state index in [1.165, 1.54) is 11.6 Å². The van der Waals surface area contributed by atoms with Crippen molar-refractivity contribution in [3.63, 3.8) is 0 Å². The Balaban J connectivity index is 1.79. The van der Waals surface area contributed by atoms with E-state index in [-0.39, 0.29) is 4.90 Å². The summed E-state index contributed by atoms with van der Waals surface area (Å²) >= 11 is 1.98. The van der Waals surface area contributed by atoms with Gasteiger partial charge in [0.2, 0.25) is 0 Å². The van der Waals surface area contributed by atoms with Crippen LogP contribution in [0.25, 0.3) is 0 Å². The summed E-state index contributed by atoms with van der Waals surface area (Å²) in [6.45, 7) is 6.70. The zero-order valence-electron chi connectivity index (χ0n) is 15.5. The molecule has 1 N–H and O–H groups in total. The minimum Gasteiger partial charge on any atom is -0.297 e. The summed E-state index contributed by atoms with van der Waals surface area (Å²) in [6, 6.07) is 12.5. The lowest BCUT2D eigenvalue weighted by atomic mass is 10.1. The maximum absolute atomic E-state index is 12.8. The first-order chi connectivity index (χ1) is 12.9. The summed E-state index contributed by atoms with van der Waals surface area (Å²) in [5.41, 5.74) is 3.57. The molecule has 1 aliphatic heterocycles. The largest absolute Gasteiger partial charge is 0.297 e. The highest BCUT2D eigenvalue weighted by Crippen LogP contribution is 2.24. The maximum atomic E-state index is 12.8. The summed E-state index contributed by atoms with van der Waals surface area (Å²) < 4.78 is 28.3. The SMILES string of the molecule is Cc1cc(CN2CCSCC2)ccc1NS(=O)(=O)c1cc(C#N)ccc1C. The molecule has 2 aromatic rings. The Morgan fingerprint density at radius 1 is 1.11 bits per heavy atom. The molecule has 0 radical (unpaired) electrons. The lowest BCUT2D eigenvalue weighted by Gasteiger charge is -2.26. The van der Waals surface area contributed by atoms with Crippen molar-refractivity contribution < 1.29 is 8.42 Å². The minimum atomic E-state index is -3.75. The van der Waals surface area contributed by atoms with Crippen molar-refractivity contribution in [3.05, 3.63) is 58.7 Å². The smallest absolute Gasteiger partial charge is 0.262 e. The van der Waals surface area contributed by atoms with Crippen LogP contribution < -0.4 is 4.72 Å². The second kappa shape index (κ2) is 8.34. The molecular formula is C20H23N3O2S2. The Morgan fingerprint density at radius 2 is 1.85 bits per heavy atom. The molecule has 0 unspecified atom stereocenters. The molecule has 0 aromatic heterocycles. The van der Waals surface area contributed by atoms with Crippen LogP contribution in [0.1, 0.15) is 22.3 Å². The Kier molecular flexibility index (Phi) is 6.10. The second-order valence-corrected chi connectivity index (χ2v) is 9.61. The fourth-order valence-corrected chi connectivity index (χ4v) is 5.50. The molecule has 27 heavy (non-hydrogen) atoms. The first-order valence-electron chi connectivity index (χ1n) is 8.82. The van der Waals surface area contributed by atoms with E-state index in [2.05, 4.69) is 9.62 Å². The Morgan fingerprint density at radius 3 is 2.52 bits per heavy atom. The van der Waals surface area contributed by atoms with Crippen LogP contribution in [0.4, 0.5) is 5.69 Å². The summed E-state index contributed by atoms with van der Waals surface area (Å²) in [6.07, 6.45) is 0. The third kappa shape index (κ3) is 4.83. The zero-order valence-corrected chi connectivity index (χ0v) is 17.2. The van der Waals surface area contributed by atoms with Crippen LogP contribution >= 0.6 is 11.8 Å². The lowest BCUT2D eigenvalue weighted by molar-refractivity contribution is 0.294. The van der Waals surface area contributed by atoms with Crippen LogP contribution in [0.15, 0.2) is 41.3 Å². The van der Waals surface area contributed by atoms with Gasteiger partial charge in [-0.2, -0.15) is 17.0 Å². The van der Waals surface area contributed by atoms with Crippen molar-refractivity contribution in [2.75, 3.05) is 29.3 Å². The highest BCUT2D eigenvalue weighted by Gasteiger charge is 2.19. The molecule has 3 rings (SSSR count). The third-order valence-corrected chi connectivity index (χ3v) is 7.10. The van der Waals surface area contributed by atoms with Gasteiger partial charge in [0, 0.05) is 31.1 Å². The number of nitriles is 1. The van der Waals surface area contributed by atoms with Crippen LogP contribution in [-0.4, -0.2) is 37.9 Å². The number of hydrogen-bond acceptors (Lipinski definition) is 5. The number of benzene rings is 2. The van der Waals surface area contributed by atoms with Gasteiger partial charge in [-0.25, -0.2) is 8.42 Å². The molecule has 0 spiro atoms. The van der Waals surface area contributed by atoms with E-state index in [1.54, 1.807) is 19.1 Å². The van der Waals surface area contributed by atoms with Crippen molar-refractivity contribution in [2.24, 2.45) is 0 Å². The van der Waals surface area contributed by atoms with Crippen LogP contribution in [0.5, 0.6) is 0 Å². The van der Waals surface area contributed by atoms with Crippen LogP contribution in [0.2, 0.25) is 0 Å². The van der Waals surface area contributed by atoms with Gasteiger partial charge in [-0.05, 0) is 48.7 Å².